The van der Waals surface area contributed by atoms with Crippen LogP contribution in [-0.4, -0.2) is 19.2 Å². The van der Waals surface area contributed by atoms with Crippen molar-refractivity contribution in [1.82, 2.24) is 5.32 Å². The summed E-state index contributed by atoms with van der Waals surface area (Å²) in [5.41, 5.74) is 3.53. The van der Waals surface area contributed by atoms with Crippen LogP contribution in [0.1, 0.15) is 49.1 Å². The Morgan fingerprint density at radius 3 is 2.68 bits per heavy atom. The van der Waals surface area contributed by atoms with Crippen molar-refractivity contribution in [3.8, 4) is 5.75 Å². The van der Waals surface area contributed by atoms with Gasteiger partial charge in [-0.1, -0.05) is 6.07 Å². The summed E-state index contributed by atoms with van der Waals surface area (Å²) in [6, 6.07) is 6.70. The van der Waals surface area contributed by atoms with E-state index in [1.54, 1.807) is 0 Å². The van der Waals surface area contributed by atoms with Crippen LogP contribution >= 0.6 is 0 Å². The molecule has 0 radical (unpaired) electrons. The second kappa shape index (κ2) is 4.24. The maximum atomic E-state index is 6.25. The largest absolute Gasteiger partial charge is 0.490 e. The average Bonchev–Trinajstić information content (AvgIpc) is 3.11. The summed E-state index contributed by atoms with van der Waals surface area (Å²) < 4.78 is 6.25. The van der Waals surface area contributed by atoms with Gasteiger partial charge in [-0.2, -0.15) is 0 Å². The Balaban J connectivity index is 1.46. The highest BCUT2D eigenvalue weighted by Crippen LogP contribution is 2.45. The lowest BCUT2D eigenvalue weighted by molar-refractivity contribution is 0.137. The van der Waals surface area contributed by atoms with Crippen LogP contribution < -0.4 is 10.1 Å². The molecule has 1 aromatic rings. The Morgan fingerprint density at radius 2 is 2.05 bits per heavy atom. The number of hydrogen-bond acceptors (Lipinski definition) is 2. The molecular weight excluding hydrogens is 234 g/mol. The fraction of sp³-hybridized carbons (Fsp3) is 0.647. The third kappa shape index (κ3) is 2.16. The topological polar surface area (TPSA) is 21.3 Å². The fourth-order valence-electron chi connectivity index (χ4n) is 3.77. The number of rotatable bonds is 3. The summed E-state index contributed by atoms with van der Waals surface area (Å²) >= 11 is 0. The van der Waals surface area contributed by atoms with Gasteiger partial charge in [0, 0.05) is 13.1 Å². The van der Waals surface area contributed by atoms with Crippen molar-refractivity contribution in [2.75, 3.05) is 13.1 Å². The fourth-order valence-corrected chi connectivity index (χ4v) is 3.77. The molecule has 2 nitrogen and oxygen atoms in total. The zero-order chi connectivity index (χ0) is 12.9. The summed E-state index contributed by atoms with van der Waals surface area (Å²) in [5, 5.41) is 3.41. The average molecular weight is 257 g/mol. The highest BCUT2D eigenvalue weighted by Gasteiger charge is 2.44. The molecule has 0 bridgehead atoms. The number of benzene rings is 1. The monoisotopic (exact) mass is 257 g/mol. The van der Waals surface area contributed by atoms with Crippen LogP contribution in [0.2, 0.25) is 0 Å². The first kappa shape index (κ1) is 11.8. The number of aryl methyl sites for hydroxylation is 1. The molecule has 2 aliphatic carbocycles. The molecule has 1 N–H and O–H groups in total. The molecule has 19 heavy (non-hydrogen) atoms. The molecule has 3 aliphatic rings. The van der Waals surface area contributed by atoms with Gasteiger partial charge in [0.1, 0.15) is 5.75 Å². The molecule has 1 atom stereocenters. The normalized spacial score (nSPS) is 28.4. The molecule has 3 fully saturated rings. The van der Waals surface area contributed by atoms with Crippen molar-refractivity contribution in [3.63, 3.8) is 0 Å². The first-order valence-corrected chi connectivity index (χ1v) is 7.72. The summed E-state index contributed by atoms with van der Waals surface area (Å²) in [4.78, 5) is 0. The molecule has 1 aromatic carbocycles. The molecule has 102 valence electrons. The minimum Gasteiger partial charge on any atom is -0.490 e. The van der Waals surface area contributed by atoms with Gasteiger partial charge in [0.2, 0.25) is 0 Å². The van der Waals surface area contributed by atoms with Gasteiger partial charge in [0.15, 0.2) is 0 Å². The van der Waals surface area contributed by atoms with Crippen molar-refractivity contribution in [1.29, 1.82) is 0 Å². The molecule has 1 saturated heterocycles. The van der Waals surface area contributed by atoms with E-state index in [-0.39, 0.29) is 0 Å². The van der Waals surface area contributed by atoms with Crippen molar-refractivity contribution in [2.24, 2.45) is 5.41 Å². The van der Waals surface area contributed by atoms with E-state index in [0.717, 1.165) is 11.7 Å². The van der Waals surface area contributed by atoms with Crippen LogP contribution in [-0.2, 0) is 0 Å². The molecule has 1 spiro atoms. The zero-order valence-corrected chi connectivity index (χ0v) is 11.7. The van der Waals surface area contributed by atoms with Crippen LogP contribution in [0.5, 0.6) is 5.75 Å². The quantitative estimate of drug-likeness (QED) is 0.896. The van der Waals surface area contributed by atoms with Crippen molar-refractivity contribution in [3.05, 3.63) is 29.3 Å². The van der Waals surface area contributed by atoms with Crippen LogP contribution in [0, 0.1) is 12.3 Å². The van der Waals surface area contributed by atoms with E-state index in [1.165, 1.54) is 56.3 Å². The molecule has 2 saturated carbocycles. The van der Waals surface area contributed by atoms with Crippen LogP contribution in [0.15, 0.2) is 18.2 Å². The van der Waals surface area contributed by atoms with E-state index in [1.807, 2.05) is 0 Å². The first-order chi connectivity index (χ1) is 9.24. The van der Waals surface area contributed by atoms with Crippen LogP contribution in [0.3, 0.4) is 0 Å². The summed E-state index contributed by atoms with van der Waals surface area (Å²) in [7, 11) is 0. The van der Waals surface area contributed by atoms with Crippen molar-refractivity contribution < 1.29 is 4.74 Å². The second-order valence-corrected chi connectivity index (χ2v) is 6.88. The Morgan fingerprint density at radius 1 is 1.21 bits per heavy atom. The zero-order valence-electron chi connectivity index (χ0n) is 11.7. The maximum absolute atomic E-state index is 6.25. The Kier molecular flexibility index (Phi) is 2.63. The van der Waals surface area contributed by atoms with Gasteiger partial charge in [0.25, 0.3) is 0 Å². The number of ether oxygens (including phenoxy) is 1. The predicted octanol–water partition coefficient (Wildman–Crippen LogP) is 3.39. The first-order valence-electron chi connectivity index (χ1n) is 7.72. The third-order valence-electron chi connectivity index (χ3n) is 5.23. The lowest BCUT2D eigenvalue weighted by Gasteiger charge is -2.39. The minimum atomic E-state index is 0.442. The second-order valence-electron chi connectivity index (χ2n) is 6.88. The van der Waals surface area contributed by atoms with E-state index < -0.39 is 0 Å². The number of hydrogen-bond donors (Lipinski definition) is 1. The van der Waals surface area contributed by atoms with E-state index >= 15 is 0 Å². The molecule has 1 heterocycles. The molecule has 0 aromatic heterocycles. The molecule has 1 unspecified atom stereocenters. The Labute approximate surface area is 115 Å². The van der Waals surface area contributed by atoms with Gasteiger partial charge >= 0.3 is 0 Å². The van der Waals surface area contributed by atoms with Gasteiger partial charge in [-0.15, -0.1) is 0 Å². The van der Waals surface area contributed by atoms with Gasteiger partial charge in [-0.05, 0) is 73.6 Å². The Hall–Kier alpha value is -1.02. The SMILES string of the molecule is Cc1ccc(OC2CCC3(CNC3)C2)cc1C1CC1. The molecule has 0 amide bonds. The third-order valence-corrected chi connectivity index (χ3v) is 5.23. The standard InChI is InChI=1S/C17H23NO/c1-12-2-5-14(8-16(12)13-3-4-13)19-15-6-7-17(9-15)10-18-11-17/h2,5,8,13,15,18H,3-4,6-7,9-11H2,1H3. The van der Waals surface area contributed by atoms with E-state index in [4.69, 9.17) is 4.74 Å². The van der Waals surface area contributed by atoms with E-state index in [9.17, 15) is 0 Å². The van der Waals surface area contributed by atoms with E-state index in [2.05, 4.69) is 30.4 Å². The minimum absolute atomic E-state index is 0.442. The highest BCUT2D eigenvalue weighted by molar-refractivity contribution is 5.39. The lowest BCUT2D eigenvalue weighted by atomic mass is 9.80. The summed E-state index contributed by atoms with van der Waals surface area (Å²) in [6.07, 6.45) is 6.98. The maximum Gasteiger partial charge on any atom is 0.120 e. The van der Waals surface area contributed by atoms with Gasteiger partial charge in [-0.3, -0.25) is 0 Å². The van der Waals surface area contributed by atoms with Crippen molar-refractivity contribution in [2.45, 2.75) is 51.0 Å². The smallest absolute Gasteiger partial charge is 0.120 e. The summed E-state index contributed by atoms with van der Waals surface area (Å²) in [5.74, 6) is 1.91. The van der Waals surface area contributed by atoms with Gasteiger partial charge in [-0.25, -0.2) is 0 Å². The van der Waals surface area contributed by atoms with Crippen LogP contribution in [0.4, 0.5) is 0 Å². The van der Waals surface area contributed by atoms with Gasteiger partial charge < -0.3 is 10.1 Å². The van der Waals surface area contributed by atoms with E-state index in [0.29, 0.717) is 11.5 Å². The van der Waals surface area contributed by atoms with Crippen molar-refractivity contribution >= 4 is 0 Å². The van der Waals surface area contributed by atoms with Crippen LogP contribution in [0.25, 0.3) is 0 Å². The Bertz CT molecular complexity index is 488. The molecule has 2 heteroatoms. The van der Waals surface area contributed by atoms with Gasteiger partial charge in [0.05, 0.1) is 6.10 Å². The molecule has 4 rings (SSSR count). The predicted molar refractivity (Wildman–Crippen MR) is 76.7 cm³/mol. The highest BCUT2D eigenvalue weighted by atomic mass is 16.5. The molecular formula is C17H23NO. The number of nitrogens with one attached hydrogen (secondary N) is 1. The molecule has 1 aliphatic heterocycles. The lowest BCUT2D eigenvalue weighted by Crippen LogP contribution is -2.52. The summed E-state index contributed by atoms with van der Waals surface area (Å²) in [6.45, 7) is 4.63.